The Morgan fingerprint density at radius 1 is 1.12 bits per heavy atom. The Morgan fingerprint density at radius 2 is 1.62 bits per heavy atom. The zero-order valence-electron chi connectivity index (χ0n) is 11.3. The molecule has 0 aromatic rings. The van der Waals surface area contributed by atoms with Crippen molar-refractivity contribution in [3.05, 3.63) is 0 Å². The zero-order chi connectivity index (χ0) is 10.1. The summed E-state index contributed by atoms with van der Waals surface area (Å²) in [4.78, 5) is 32.9. The van der Waals surface area contributed by atoms with E-state index in [0.717, 1.165) is 25.7 Å². The minimum Gasteiger partial charge on any atom is -0.881 e. The van der Waals surface area contributed by atoms with E-state index in [4.69, 9.17) is 0 Å². The number of rotatable bonds is 4. The Kier molecular flexibility index (Phi) is 15.0. The van der Waals surface area contributed by atoms with Gasteiger partial charge in [0.25, 0.3) is 0 Å². The Labute approximate surface area is 166 Å². The second kappa shape index (κ2) is 9.92. The molecule has 78 valence electrons. The molecule has 1 fully saturated rings. The van der Waals surface area contributed by atoms with Crippen LogP contribution in [0.1, 0.15) is 46.0 Å². The van der Waals surface area contributed by atoms with Crippen molar-refractivity contribution in [2.75, 3.05) is 0 Å². The summed E-state index contributed by atoms with van der Waals surface area (Å²) in [5.74, 6) is 0. The Bertz CT molecular complexity index is 185. The second-order valence-electron chi connectivity index (χ2n) is 4.16. The molecule has 0 aromatic heterocycles. The molecule has 0 saturated heterocycles. The fourth-order valence-electron chi connectivity index (χ4n) is 2.65. The summed E-state index contributed by atoms with van der Waals surface area (Å²) in [5.41, 5.74) is -0.711. The van der Waals surface area contributed by atoms with Gasteiger partial charge in [-0.05, 0) is 18.3 Å². The van der Waals surface area contributed by atoms with Crippen molar-refractivity contribution >= 4 is 8.80 Å². The maximum absolute atomic E-state index is 11.0. The van der Waals surface area contributed by atoms with Gasteiger partial charge in [0.05, 0.1) is 0 Å². The topological polar surface area (TPSA) is 69.2 Å². The van der Waals surface area contributed by atoms with E-state index in [0.29, 0.717) is 6.42 Å². The van der Waals surface area contributed by atoms with Crippen LogP contribution in [-0.2, 0) is 0 Å². The first kappa shape index (κ1) is 24.1. The fraction of sp³-hybridized carbons (Fsp3) is 1.00. The zero-order valence-corrected chi connectivity index (χ0v) is 18.3. The predicted octanol–water partition coefficient (Wildman–Crippen LogP) is -9.62. The summed E-state index contributed by atoms with van der Waals surface area (Å²) >= 11 is 0. The van der Waals surface area contributed by atoms with Crippen molar-refractivity contribution < 1.29 is 103 Å². The van der Waals surface area contributed by atoms with Gasteiger partial charge in [0.2, 0.25) is 0 Å². The normalized spacial score (nSPS) is 27.9. The standard InChI is InChI=1S/C9H17O3Si.3Na/c1-3-6-9(4-2)7-5-8(9)13(10,11)12;;;/h8H,3-7H2,1-2H3;;;/q-3;3*+1/t8?,9-;;;/m0.../s1. The van der Waals surface area contributed by atoms with Gasteiger partial charge < -0.3 is 14.4 Å². The predicted molar refractivity (Wildman–Crippen MR) is 46.4 cm³/mol. The first-order valence-corrected chi connectivity index (χ1v) is 6.87. The molecule has 2 atom stereocenters. The van der Waals surface area contributed by atoms with E-state index in [1.165, 1.54) is 0 Å². The van der Waals surface area contributed by atoms with Gasteiger partial charge in [-0.15, -0.1) is 0 Å². The van der Waals surface area contributed by atoms with Crippen LogP contribution in [0.5, 0.6) is 0 Å². The molecule has 1 aliphatic rings. The quantitative estimate of drug-likeness (QED) is 0.476. The van der Waals surface area contributed by atoms with E-state index in [2.05, 4.69) is 0 Å². The maximum atomic E-state index is 11.0. The first-order chi connectivity index (χ1) is 5.96. The Balaban J connectivity index is -0.000000563. The summed E-state index contributed by atoms with van der Waals surface area (Å²) in [5, 5.41) is 0. The van der Waals surface area contributed by atoms with Gasteiger partial charge in [0.15, 0.2) is 0 Å². The molecule has 16 heavy (non-hydrogen) atoms. The van der Waals surface area contributed by atoms with Crippen molar-refractivity contribution in [1.82, 2.24) is 0 Å². The molecule has 0 amide bonds. The van der Waals surface area contributed by atoms with E-state index in [-0.39, 0.29) is 94.1 Å². The Morgan fingerprint density at radius 3 is 1.81 bits per heavy atom. The SMILES string of the molecule is CCC[C@@]1(CC)CCC1[Si]([O-])([O-])[O-].[Na+].[Na+].[Na+]. The third kappa shape index (κ3) is 5.61. The molecule has 1 rings (SSSR count). The van der Waals surface area contributed by atoms with Crippen molar-refractivity contribution in [3.63, 3.8) is 0 Å². The van der Waals surface area contributed by atoms with Crippen molar-refractivity contribution in [3.8, 4) is 0 Å². The van der Waals surface area contributed by atoms with E-state index < -0.39 is 14.3 Å². The van der Waals surface area contributed by atoms with Gasteiger partial charge in [-0.25, -0.2) is 0 Å². The van der Waals surface area contributed by atoms with Gasteiger partial charge >= 0.3 is 88.7 Å². The summed E-state index contributed by atoms with van der Waals surface area (Å²) in [6.45, 7) is 4.03. The molecule has 0 spiro atoms. The van der Waals surface area contributed by atoms with Crippen LogP contribution in [0, 0.1) is 5.41 Å². The summed E-state index contributed by atoms with van der Waals surface area (Å²) in [7, 11) is -4.62. The molecule has 0 radical (unpaired) electrons. The van der Waals surface area contributed by atoms with E-state index in [1.54, 1.807) is 0 Å². The van der Waals surface area contributed by atoms with Crippen LogP contribution in [0.25, 0.3) is 0 Å². The summed E-state index contributed by atoms with van der Waals surface area (Å²) in [6, 6.07) is 0. The largest absolute Gasteiger partial charge is 1.00 e. The van der Waals surface area contributed by atoms with Crippen molar-refractivity contribution in [2.45, 2.75) is 51.5 Å². The monoisotopic (exact) mass is 270 g/mol. The van der Waals surface area contributed by atoms with Gasteiger partial charge in [-0.3, -0.25) is 8.80 Å². The third-order valence-corrected chi connectivity index (χ3v) is 5.30. The molecular weight excluding hydrogens is 253 g/mol. The number of hydrogen-bond donors (Lipinski definition) is 0. The van der Waals surface area contributed by atoms with Gasteiger partial charge in [-0.1, -0.05) is 38.7 Å². The molecule has 0 aliphatic heterocycles. The fourth-order valence-corrected chi connectivity index (χ4v) is 4.39. The third-order valence-electron chi connectivity index (χ3n) is 3.55. The molecule has 7 heteroatoms. The van der Waals surface area contributed by atoms with Crippen LogP contribution >= 0.6 is 0 Å². The van der Waals surface area contributed by atoms with Crippen LogP contribution in [0.2, 0.25) is 5.54 Å². The average Bonchev–Trinajstić information content (AvgIpc) is 1.94. The smallest absolute Gasteiger partial charge is 0.881 e. The number of hydrogen-bond acceptors (Lipinski definition) is 3. The van der Waals surface area contributed by atoms with Gasteiger partial charge in [0.1, 0.15) is 0 Å². The molecular formula is C9H17Na3O3Si. The molecule has 3 nitrogen and oxygen atoms in total. The van der Waals surface area contributed by atoms with Crippen LogP contribution < -0.4 is 103 Å². The average molecular weight is 270 g/mol. The molecule has 1 aliphatic carbocycles. The molecule has 0 aromatic carbocycles. The summed E-state index contributed by atoms with van der Waals surface area (Å²) < 4.78 is 0. The van der Waals surface area contributed by atoms with E-state index >= 15 is 0 Å². The van der Waals surface area contributed by atoms with E-state index in [9.17, 15) is 14.4 Å². The molecule has 0 heterocycles. The van der Waals surface area contributed by atoms with E-state index in [1.807, 2.05) is 13.8 Å². The van der Waals surface area contributed by atoms with Gasteiger partial charge in [0, 0.05) is 0 Å². The van der Waals surface area contributed by atoms with Crippen LogP contribution in [0.4, 0.5) is 0 Å². The van der Waals surface area contributed by atoms with Crippen LogP contribution in [-0.4, -0.2) is 8.80 Å². The second-order valence-corrected chi connectivity index (χ2v) is 6.06. The van der Waals surface area contributed by atoms with Crippen molar-refractivity contribution in [1.29, 1.82) is 0 Å². The van der Waals surface area contributed by atoms with Gasteiger partial charge in [-0.2, -0.15) is 0 Å². The molecule has 1 saturated carbocycles. The molecule has 0 N–H and O–H groups in total. The molecule has 1 unspecified atom stereocenters. The Hall–Kier alpha value is 3.10. The minimum absolute atomic E-state index is 0. The summed E-state index contributed by atoms with van der Waals surface area (Å²) in [6.07, 6.45) is 4.19. The van der Waals surface area contributed by atoms with Crippen LogP contribution in [0.3, 0.4) is 0 Å². The van der Waals surface area contributed by atoms with Crippen molar-refractivity contribution in [2.24, 2.45) is 5.41 Å². The minimum atomic E-state index is -4.62. The first-order valence-electron chi connectivity index (χ1n) is 5.07. The maximum Gasteiger partial charge on any atom is 1.00 e. The van der Waals surface area contributed by atoms with Crippen LogP contribution in [0.15, 0.2) is 0 Å². The molecule has 0 bridgehead atoms.